The van der Waals surface area contributed by atoms with E-state index in [1.807, 2.05) is 12.1 Å². The highest BCUT2D eigenvalue weighted by atomic mass is 16.5. The fraction of sp³-hybridized carbons (Fsp3) is 0.696. The normalized spacial score (nSPS) is 31.2. The van der Waals surface area contributed by atoms with E-state index in [1.54, 1.807) is 6.92 Å². The average Bonchev–Trinajstić information content (AvgIpc) is 2.70. The maximum atomic E-state index is 11.8. The van der Waals surface area contributed by atoms with E-state index < -0.39 is 0 Å². The number of piperidine rings is 1. The molecule has 5 heteroatoms. The Hall–Kier alpha value is -1.59. The molecule has 1 amide bonds. The lowest BCUT2D eigenvalue weighted by Crippen LogP contribution is -2.50. The van der Waals surface area contributed by atoms with Crippen molar-refractivity contribution in [1.29, 1.82) is 0 Å². The smallest absolute Gasteiger partial charge is 0.217 e. The Kier molecular flexibility index (Phi) is 6.22. The van der Waals surface area contributed by atoms with E-state index in [9.17, 15) is 9.90 Å². The molecule has 5 nitrogen and oxygen atoms in total. The molecule has 1 aromatic rings. The summed E-state index contributed by atoms with van der Waals surface area (Å²) in [7, 11) is 0. The van der Waals surface area contributed by atoms with Gasteiger partial charge in [-0.05, 0) is 62.9 Å². The zero-order valence-electron chi connectivity index (χ0n) is 17.0. The van der Waals surface area contributed by atoms with Crippen molar-refractivity contribution >= 4 is 5.91 Å². The molecule has 2 heterocycles. The number of nitrogens with one attached hydrogen (secondary N) is 1. The van der Waals surface area contributed by atoms with Gasteiger partial charge >= 0.3 is 0 Å². The number of carbonyl (C=O) groups is 1. The van der Waals surface area contributed by atoms with Crippen molar-refractivity contribution < 1.29 is 14.6 Å². The second-order valence-electron chi connectivity index (χ2n) is 8.88. The number of ether oxygens (including phenoxy) is 1. The van der Waals surface area contributed by atoms with Gasteiger partial charge < -0.3 is 15.2 Å². The molecule has 1 aromatic carbocycles. The molecule has 3 aliphatic rings. The van der Waals surface area contributed by atoms with Gasteiger partial charge in [-0.1, -0.05) is 25.3 Å². The number of phenols is 1. The molecule has 0 radical (unpaired) electrons. The number of benzene rings is 1. The molecule has 154 valence electrons. The van der Waals surface area contributed by atoms with Gasteiger partial charge in [0.05, 0.1) is 12.2 Å². The number of fused-ring (bicyclic) bond motifs is 1. The van der Waals surface area contributed by atoms with Crippen LogP contribution in [-0.2, 0) is 16.1 Å². The van der Waals surface area contributed by atoms with Crippen LogP contribution in [-0.4, -0.2) is 41.1 Å². The van der Waals surface area contributed by atoms with E-state index in [2.05, 4.69) is 16.3 Å². The van der Waals surface area contributed by atoms with Gasteiger partial charge in [-0.15, -0.1) is 0 Å². The standard InChI is InChI=1S/C23H34N2O3/c1-16(26)24-20-14-23(28-22-8-4-3-7-19(20)22)17-9-10-21(27)18(13-17)15-25-11-5-2-6-12-25/h9-10,13,19-20,22-23,27H,2-8,11-12,14-15H2,1H3,(H,24,26)/t19-,20+,22+,23+/m0/s1. The molecule has 0 bridgehead atoms. The maximum absolute atomic E-state index is 11.8. The summed E-state index contributed by atoms with van der Waals surface area (Å²) in [6, 6.07) is 6.12. The zero-order valence-corrected chi connectivity index (χ0v) is 17.0. The van der Waals surface area contributed by atoms with Gasteiger partial charge in [-0.25, -0.2) is 0 Å². The lowest BCUT2D eigenvalue weighted by molar-refractivity contribution is -0.131. The van der Waals surface area contributed by atoms with Crippen molar-refractivity contribution in [2.75, 3.05) is 13.1 Å². The summed E-state index contributed by atoms with van der Waals surface area (Å²) in [5, 5.41) is 13.6. The van der Waals surface area contributed by atoms with Gasteiger partial charge in [0.15, 0.2) is 0 Å². The summed E-state index contributed by atoms with van der Waals surface area (Å²) in [6.45, 7) is 4.63. The van der Waals surface area contributed by atoms with Crippen LogP contribution < -0.4 is 5.32 Å². The molecule has 3 fully saturated rings. The van der Waals surface area contributed by atoms with Crippen LogP contribution in [0.3, 0.4) is 0 Å². The first kappa shape index (κ1) is 19.7. The van der Waals surface area contributed by atoms with Crippen LogP contribution in [0.4, 0.5) is 0 Å². The summed E-state index contributed by atoms with van der Waals surface area (Å²) >= 11 is 0. The first-order valence-electron chi connectivity index (χ1n) is 11.1. The maximum Gasteiger partial charge on any atom is 0.217 e. The topological polar surface area (TPSA) is 61.8 Å². The van der Waals surface area contributed by atoms with Crippen molar-refractivity contribution in [1.82, 2.24) is 10.2 Å². The first-order valence-corrected chi connectivity index (χ1v) is 11.1. The van der Waals surface area contributed by atoms with Crippen LogP contribution in [0, 0.1) is 5.92 Å². The predicted octanol–water partition coefficient (Wildman–Crippen LogP) is 3.90. The highest BCUT2D eigenvalue weighted by molar-refractivity contribution is 5.73. The molecular weight excluding hydrogens is 352 g/mol. The van der Waals surface area contributed by atoms with E-state index >= 15 is 0 Å². The Morgan fingerprint density at radius 2 is 1.96 bits per heavy atom. The molecule has 1 saturated carbocycles. The molecule has 4 atom stereocenters. The van der Waals surface area contributed by atoms with Crippen LogP contribution in [0.1, 0.15) is 75.5 Å². The van der Waals surface area contributed by atoms with Gasteiger partial charge in [-0.3, -0.25) is 9.69 Å². The van der Waals surface area contributed by atoms with Crippen molar-refractivity contribution in [2.24, 2.45) is 5.92 Å². The fourth-order valence-corrected chi connectivity index (χ4v) is 5.36. The number of amides is 1. The fourth-order valence-electron chi connectivity index (χ4n) is 5.36. The quantitative estimate of drug-likeness (QED) is 0.824. The largest absolute Gasteiger partial charge is 0.508 e. The third kappa shape index (κ3) is 4.52. The Labute approximate surface area is 168 Å². The van der Waals surface area contributed by atoms with Crippen LogP contribution in [0.15, 0.2) is 18.2 Å². The number of aromatic hydroxyl groups is 1. The molecule has 0 spiro atoms. The van der Waals surface area contributed by atoms with Crippen molar-refractivity contribution in [3.8, 4) is 5.75 Å². The number of phenolic OH excluding ortho intramolecular Hbond substituents is 1. The van der Waals surface area contributed by atoms with Gasteiger partial charge in [0, 0.05) is 31.0 Å². The molecule has 2 saturated heterocycles. The minimum absolute atomic E-state index is 0.0168. The monoisotopic (exact) mass is 386 g/mol. The van der Waals surface area contributed by atoms with Crippen molar-refractivity contribution in [2.45, 2.75) is 83.1 Å². The summed E-state index contributed by atoms with van der Waals surface area (Å²) in [5.41, 5.74) is 2.12. The molecule has 0 unspecified atom stereocenters. The van der Waals surface area contributed by atoms with Crippen LogP contribution in [0.25, 0.3) is 0 Å². The van der Waals surface area contributed by atoms with Crippen LogP contribution in [0.5, 0.6) is 5.75 Å². The molecular formula is C23H34N2O3. The summed E-state index contributed by atoms with van der Waals surface area (Å²) in [5.74, 6) is 0.851. The third-order valence-corrected chi connectivity index (χ3v) is 6.78. The van der Waals surface area contributed by atoms with Gasteiger partial charge in [0.2, 0.25) is 5.91 Å². The molecule has 4 rings (SSSR count). The zero-order chi connectivity index (χ0) is 19.5. The third-order valence-electron chi connectivity index (χ3n) is 6.78. The van der Waals surface area contributed by atoms with Crippen molar-refractivity contribution in [3.05, 3.63) is 29.3 Å². The number of likely N-dealkylation sites (tertiary alicyclic amines) is 1. The summed E-state index contributed by atoms with van der Waals surface area (Å²) < 4.78 is 6.53. The lowest BCUT2D eigenvalue weighted by Gasteiger charge is -2.45. The first-order chi connectivity index (χ1) is 13.6. The van der Waals surface area contributed by atoms with E-state index in [0.717, 1.165) is 50.0 Å². The van der Waals surface area contributed by atoms with Gasteiger partial charge in [0.25, 0.3) is 0 Å². The van der Waals surface area contributed by atoms with Gasteiger partial charge in [-0.2, -0.15) is 0 Å². The highest BCUT2D eigenvalue weighted by Gasteiger charge is 2.40. The number of carbonyl (C=O) groups excluding carboxylic acids is 1. The van der Waals surface area contributed by atoms with E-state index in [1.165, 1.54) is 32.1 Å². The molecule has 2 aliphatic heterocycles. The van der Waals surface area contributed by atoms with Crippen LogP contribution in [0.2, 0.25) is 0 Å². The molecule has 28 heavy (non-hydrogen) atoms. The Bertz CT molecular complexity index is 686. The minimum Gasteiger partial charge on any atom is -0.508 e. The molecule has 1 aliphatic carbocycles. The summed E-state index contributed by atoms with van der Waals surface area (Å²) in [6.07, 6.45) is 9.47. The number of hydrogen-bond donors (Lipinski definition) is 2. The molecule has 2 N–H and O–H groups in total. The van der Waals surface area contributed by atoms with Crippen LogP contribution >= 0.6 is 0 Å². The van der Waals surface area contributed by atoms with E-state index in [0.29, 0.717) is 11.7 Å². The SMILES string of the molecule is CC(=O)N[C@@H]1C[C@H](c2ccc(O)c(CN3CCCCC3)c2)O[C@@H]2CCCC[C@@H]12. The predicted molar refractivity (Wildman–Crippen MR) is 109 cm³/mol. The number of rotatable bonds is 4. The Morgan fingerprint density at radius 3 is 2.75 bits per heavy atom. The van der Waals surface area contributed by atoms with Gasteiger partial charge in [0.1, 0.15) is 5.75 Å². The minimum atomic E-state index is -0.0168. The Balaban J connectivity index is 1.52. The Morgan fingerprint density at radius 1 is 1.18 bits per heavy atom. The number of nitrogens with zero attached hydrogens (tertiary/aromatic N) is 1. The summed E-state index contributed by atoms with van der Waals surface area (Å²) in [4.78, 5) is 14.2. The van der Waals surface area contributed by atoms with E-state index in [4.69, 9.17) is 4.74 Å². The van der Waals surface area contributed by atoms with Crippen molar-refractivity contribution in [3.63, 3.8) is 0 Å². The average molecular weight is 387 g/mol. The lowest BCUT2D eigenvalue weighted by atomic mass is 9.76. The second kappa shape index (κ2) is 8.83. The number of hydrogen-bond acceptors (Lipinski definition) is 4. The van der Waals surface area contributed by atoms with E-state index in [-0.39, 0.29) is 24.2 Å². The second-order valence-corrected chi connectivity index (χ2v) is 8.88. The highest BCUT2D eigenvalue weighted by Crippen LogP contribution is 2.42. The molecule has 0 aromatic heterocycles.